The third-order valence-electron chi connectivity index (χ3n) is 3.40. The van der Waals surface area contributed by atoms with Gasteiger partial charge in [0, 0.05) is 32.4 Å². The second kappa shape index (κ2) is 9.42. The van der Waals surface area contributed by atoms with Crippen LogP contribution in [0, 0.1) is 12.8 Å². The van der Waals surface area contributed by atoms with E-state index in [0.717, 1.165) is 31.4 Å². The fourth-order valence-electron chi connectivity index (χ4n) is 2.12. The van der Waals surface area contributed by atoms with Gasteiger partial charge in [-0.3, -0.25) is 9.67 Å². The van der Waals surface area contributed by atoms with Gasteiger partial charge in [0.05, 0.1) is 6.20 Å². The van der Waals surface area contributed by atoms with Crippen molar-refractivity contribution in [2.45, 2.75) is 59.5 Å². The van der Waals surface area contributed by atoms with Gasteiger partial charge in [-0.25, -0.2) is 0 Å². The first-order chi connectivity index (χ1) is 10.0. The van der Waals surface area contributed by atoms with Crippen LogP contribution in [-0.4, -0.2) is 35.4 Å². The highest BCUT2D eigenvalue weighted by Crippen LogP contribution is 2.06. The van der Waals surface area contributed by atoms with Gasteiger partial charge in [-0.2, -0.15) is 5.10 Å². The molecule has 1 heterocycles. The van der Waals surface area contributed by atoms with Crippen LogP contribution >= 0.6 is 0 Å². The lowest BCUT2D eigenvalue weighted by atomic mass is 10.0. The molecule has 0 aliphatic carbocycles. The van der Waals surface area contributed by atoms with E-state index in [0.29, 0.717) is 6.04 Å². The maximum atomic E-state index is 4.28. The number of hydrogen-bond acceptors (Lipinski definition) is 2. The predicted molar refractivity (Wildman–Crippen MR) is 89.6 cm³/mol. The Kier molecular flexibility index (Phi) is 7.87. The molecule has 0 aromatic carbocycles. The molecule has 1 atom stereocenters. The van der Waals surface area contributed by atoms with Crippen molar-refractivity contribution in [1.29, 1.82) is 0 Å². The molecule has 5 nitrogen and oxygen atoms in total. The molecular weight excluding hydrogens is 262 g/mol. The second-order valence-corrected chi connectivity index (χ2v) is 6.15. The summed E-state index contributed by atoms with van der Waals surface area (Å²) in [6, 6.07) is 0.451. The normalized spacial score (nSPS) is 13.5. The molecule has 21 heavy (non-hydrogen) atoms. The molecule has 0 spiro atoms. The molecule has 1 aromatic rings. The Morgan fingerprint density at radius 3 is 2.67 bits per heavy atom. The summed E-state index contributed by atoms with van der Waals surface area (Å²) in [6.07, 6.45) is 7.41. The smallest absolute Gasteiger partial charge is 0.191 e. The van der Waals surface area contributed by atoms with E-state index in [1.54, 1.807) is 0 Å². The first-order valence-corrected chi connectivity index (χ1v) is 7.97. The average Bonchev–Trinajstić information content (AvgIpc) is 2.85. The number of aryl methyl sites for hydroxylation is 2. The van der Waals surface area contributed by atoms with Crippen molar-refractivity contribution in [3.8, 4) is 0 Å². The second-order valence-electron chi connectivity index (χ2n) is 6.15. The van der Waals surface area contributed by atoms with Crippen LogP contribution in [0.3, 0.4) is 0 Å². The topological polar surface area (TPSA) is 54.2 Å². The molecule has 120 valence electrons. The summed E-state index contributed by atoms with van der Waals surface area (Å²) in [7, 11) is 1.82. The minimum absolute atomic E-state index is 0.451. The quantitative estimate of drug-likeness (QED) is 0.440. The van der Waals surface area contributed by atoms with E-state index in [4.69, 9.17) is 0 Å². The molecular formula is C16H31N5. The van der Waals surface area contributed by atoms with E-state index < -0.39 is 0 Å². The highest BCUT2D eigenvalue weighted by atomic mass is 15.3. The maximum Gasteiger partial charge on any atom is 0.191 e. The van der Waals surface area contributed by atoms with Gasteiger partial charge in [0.25, 0.3) is 0 Å². The molecule has 0 aliphatic heterocycles. The van der Waals surface area contributed by atoms with Crippen LogP contribution in [0.5, 0.6) is 0 Å². The first kappa shape index (κ1) is 17.5. The Hall–Kier alpha value is -1.52. The maximum absolute atomic E-state index is 4.28. The Morgan fingerprint density at radius 1 is 1.33 bits per heavy atom. The molecule has 0 aliphatic rings. The highest BCUT2D eigenvalue weighted by molar-refractivity contribution is 5.79. The van der Waals surface area contributed by atoms with Gasteiger partial charge in [-0.1, -0.05) is 13.8 Å². The van der Waals surface area contributed by atoms with Crippen LogP contribution < -0.4 is 10.6 Å². The van der Waals surface area contributed by atoms with Crippen molar-refractivity contribution in [2.75, 3.05) is 13.6 Å². The molecule has 0 bridgehead atoms. The predicted octanol–water partition coefficient (Wildman–Crippen LogP) is 2.57. The minimum atomic E-state index is 0.451. The van der Waals surface area contributed by atoms with Crippen molar-refractivity contribution < 1.29 is 0 Å². The van der Waals surface area contributed by atoms with Gasteiger partial charge in [0.1, 0.15) is 0 Å². The molecule has 0 amide bonds. The van der Waals surface area contributed by atoms with Gasteiger partial charge in [0.15, 0.2) is 5.96 Å². The molecule has 0 fully saturated rings. The summed E-state index contributed by atoms with van der Waals surface area (Å²) in [6.45, 7) is 10.6. The minimum Gasteiger partial charge on any atom is -0.356 e. The first-order valence-electron chi connectivity index (χ1n) is 7.97. The number of rotatable bonds is 8. The number of nitrogens with one attached hydrogen (secondary N) is 2. The van der Waals surface area contributed by atoms with Crippen LogP contribution in [0.1, 0.15) is 45.6 Å². The van der Waals surface area contributed by atoms with E-state index in [1.807, 2.05) is 17.9 Å². The van der Waals surface area contributed by atoms with Gasteiger partial charge in [-0.15, -0.1) is 0 Å². The Morgan fingerprint density at radius 2 is 2.10 bits per heavy atom. The van der Waals surface area contributed by atoms with Crippen molar-refractivity contribution in [1.82, 2.24) is 20.4 Å². The van der Waals surface area contributed by atoms with Crippen molar-refractivity contribution in [3.05, 3.63) is 18.0 Å². The third-order valence-corrected chi connectivity index (χ3v) is 3.40. The fraction of sp³-hybridized carbons (Fsp3) is 0.750. The van der Waals surface area contributed by atoms with Crippen molar-refractivity contribution in [3.63, 3.8) is 0 Å². The lowest BCUT2D eigenvalue weighted by molar-refractivity contribution is 0.488. The van der Waals surface area contributed by atoms with Crippen LogP contribution in [0.4, 0.5) is 0 Å². The standard InChI is InChI=1S/C16H31N5/c1-13(2)7-8-15(4)20-16(17-5)18-9-6-10-21-12-14(3)11-19-21/h11-13,15H,6-10H2,1-5H3,(H2,17,18,20). The zero-order valence-electron chi connectivity index (χ0n) is 14.2. The van der Waals surface area contributed by atoms with Crippen LogP contribution in [0.2, 0.25) is 0 Å². The van der Waals surface area contributed by atoms with Gasteiger partial charge >= 0.3 is 0 Å². The molecule has 1 unspecified atom stereocenters. The largest absolute Gasteiger partial charge is 0.356 e. The van der Waals surface area contributed by atoms with Gasteiger partial charge in [-0.05, 0) is 44.6 Å². The Balaban J connectivity index is 2.19. The highest BCUT2D eigenvalue weighted by Gasteiger charge is 2.06. The lowest BCUT2D eigenvalue weighted by Gasteiger charge is -2.18. The van der Waals surface area contributed by atoms with Gasteiger partial charge < -0.3 is 10.6 Å². The number of aromatic nitrogens is 2. The summed E-state index contributed by atoms with van der Waals surface area (Å²) in [5, 5.41) is 11.1. The van der Waals surface area contributed by atoms with E-state index in [-0.39, 0.29) is 0 Å². The molecule has 0 saturated carbocycles. The fourth-order valence-corrected chi connectivity index (χ4v) is 2.12. The van der Waals surface area contributed by atoms with E-state index in [9.17, 15) is 0 Å². The summed E-state index contributed by atoms with van der Waals surface area (Å²) in [5.41, 5.74) is 1.21. The third kappa shape index (κ3) is 7.73. The van der Waals surface area contributed by atoms with Crippen molar-refractivity contribution in [2.24, 2.45) is 10.9 Å². The SMILES string of the molecule is CN=C(NCCCn1cc(C)cn1)NC(C)CCC(C)C. The molecule has 2 N–H and O–H groups in total. The summed E-state index contributed by atoms with van der Waals surface area (Å²) in [5.74, 6) is 1.64. The monoisotopic (exact) mass is 293 g/mol. The number of nitrogens with zero attached hydrogens (tertiary/aromatic N) is 3. The van der Waals surface area contributed by atoms with Crippen LogP contribution in [0.15, 0.2) is 17.4 Å². The number of aliphatic imine (C=N–C) groups is 1. The van der Waals surface area contributed by atoms with E-state index in [2.05, 4.69) is 54.6 Å². The lowest BCUT2D eigenvalue weighted by Crippen LogP contribution is -2.42. The van der Waals surface area contributed by atoms with Crippen LogP contribution in [0.25, 0.3) is 0 Å². The zero-order chi connectivity index (χ0) is 15.7. The van der Waals surface area contributed by atoms with E-state index >= 15 is 0 Å². The van der Waals surface area contributed by atoms with E-state index in [1.165, 1.54) is 18.4 Å². The molecule has 1 rings (SSSR count). The molecule has 5 heteroatoms. The van der Waals surface area contributed by atoms with Gasteiger partial charge in [0.2, 0.25) is 0 Å². The average molecular weight is 293 g/mol. The summed E-state index contributed by atoms with van der Waals surface area (Å²) >= 11 is 0. The Bertz CT molecular complexity index is 422. The number of guanidine groups is 1. The molecule has 1 aromatic heterocycles. The number of hydrogen-bond donors (Lipinski definition) is 2. The van der Waals surface area contributed by atoms with Crippen LogP contribution in [-0.2, 0) is 6.54 Å². The van der Waals surface area contributed by atoms with Crippen molar-refractivity contribution >= 4 is 5.96 Å². The Labute approximate surface area is 129 Å². The zero-order valence-corrected chi connectivity index (χ0v) is 14.2. The molecule has 0 saturated heterocycles. The summed E-state index contributed by atoms with van der Waals surface area (Å²) < 4.78 is 1.98. The molecule has 0 radical (unpaired) electrons. The summed E-state index contributed by atoms with van der Waals surface area (Å²) in [4.78, 5) is 4.28.